The van der Waals surface area contributed by atoms with Gasteiger partial charge in [-0.25, -0.2) is 9.97 Å². The lowest BCUT2D eigenvalue weighted by atomic mass is 10.4. The first-order valence-electron chi connectivity index (χ1n) is 3.70. The number of nitrogens with zero attached hydrogens (tertiary/aromatic N) is 3. The molecule has 12 heavy (non-hydrogen) atoms. The van der Waals surface area contributed by atoms with Crippen LogP contribution in [0.15, 0.2) is 31.0 Å². The quantitative estimate of drug-likeness (QED) is 0.534. The fraction of sp³-hybridized carbons (Fsp3) is 0. The van der Waals surface area contributed by atoms with E-state index in [4.69, 9.17) is 0 Å². The van der Waals surface area contributed by atoms with Gasteiger partial charge in [0.1, 0.15) is 5.52 Å². The molecule has 0 aliphatic rings. The maximum atomic E-state index is 4.20. The van der Waals surface area contributed by atoms with Crippen LogP contribution >= 0.6 is 0 Å². The zero-order valence-electron chi connectivity index (χ0n) is 6.23. The third kappa shape index (κ3) is 0.567. The van der Waals surface area contributed by atoms with Crippen LogP contribution in [0.2, 0.25) is 0 Å². The van der Waals surface area contributed by atoms with Gasteiger partial charge in [-0.1, -0.05) is 0 Å². The summed E-state index contributed by atoms with van der Waals surface area (Å²) in [6, 6.07) is 1.98. The Morgan fingerprint density at radius 2 is 2.25 bits per heavy atom. The van der Waals surface area contributed by atoms with Gasteiger partial charge in [0.15, 0.2) is 5.65 Å². The van der Waals surface area contributed by atoms with Crippen molar-refractivity contribution in [2.75, 3.05) is 0 Å². The third-order valence-corrected chi connectivity index (χ3v) is 1.95. The van der Waals surface area contributed by atoms with Crippen molar-refractivity contribution < 1.29 is 0 Å². The Balaban J connectivity index is 2.71. The number of fused-ring (bicyclic) bond motifs is 3. The maximum Gasteiger partial charge on any atom is 0.165 e. The number of hydrogen-bond acceptors (Lipinski definition) is 2. The van der Waals surface area contributed by atoms with Gasteiger partial charge < -0.3 is 9.38 Å². The molecular formula is C8H6N4. The van der Waals surface area contributed by atoms with Gasteiger partial charge >= 0.3 is 0 Å². The van der Waals surface area contributed by atoms with E-state index in [2.05, 4.69) is 15.0 Å². The van der Waals surface area contributed by atoms with Crippen molar-refractivity contribution in [1.29, 1.82) is 0 Å². The predicted molar refractivity (Wildman–Crippen MR) is 44.8 cm³/mol. The van der Waals surface area contributed by atoms with E-state index in [9.17, 15) is 0 Å². The van der Waals surface area contributed by atoms with Crippen molar-refractivity contribution in [3.05, 3.63) is 31.0 Å². The molecule has 0 aromatic carbocycles. The molecule has 58 valence electrons. The van der Waals surface area contributed by atoms with E-state index in [0.717, 1.165) is 16.7 Å². The first-order chi connectivity index (χ1) is 5.95. The summed E-state index contributed by atoms with van der Waals surface area (Å²) in [5.41, 5.74) is 2.84. The van der Waals surface area contributed by atoms with Crippen LogP contribution in [-0.2, 0) is 0 Å². The number of imidazole rings is 2. The zero-order chi connectivity index (χ0) is 7.97. The van der Waals surface area contributed by atoms with Crippen molar-refractivity contribution in [2.24, 2.45) is 0 Å². The fourth-order valence-electron chi connectivity index (χ4n) is 1.38. The van der Waals surface area contributed by atoms with Crippen LogP contribution in [0.3, 0.4) is 0 Å². The Morgan fingerprint density at radius 3 is 3.25 bits per heavy atom. The van der Waals surface area contributed by atoms with Crippen molar-refractivity contribution in [1.82, 2.24) is 19.4 Å². The molecule has 0 amide bonds. The Labute approximate surface area is 67.9 Å². The number of hydrogen-bond donors (Lipinski definition) is 1. The van der Waals surface area contributed by atoms with Gasteiger partial charge in [-0.15, -0.1) is 0 Å². The van der Waals surface area contributed by atoms with Crippen LogP contribution in [0.5, 0.6) is 0 Å². The molecule has 3 heterocycles. The molecule has 0 saturated carbocycles. The van der Waals surface area contributed by atoms with E-state index < -0.39 is 0 Å². The highest BCUT2D eigenvalue weighted by atomic mass is 15.0. The molecule has 0 spiro atoms. The Hall–Kier alpha value is -1.84. The van der Waals surface area contributed by atoms with Gasteiger partial charge in [0.25, 0.3) is 0 Å². The highest BCUT2D eigenvalue weighted by molar-refractivity contribution is 5.87. The monoisotopic (exact) mass is 158 g/mol. The number of H-pyrrole nitrogens is 1. The van der Waals surface area contributed by atoms with Crippen LogP contribution in [-0.4, -0.2) is 19.4 Å². The Bertz CT molecular complexity index is 484. The summed E-state index contributed by atoms with van der Waals surface area (Å²) in [6.07, 6.45) is 7.31. The van der Waals surface area contributed by atoms with E-state index in [0.29, 0.717) is 0 Å². The summed E-state index contributed by atoms with van der Waals surface area (Å²) in [7, 11) is 0. The molecule has 0 atom stereocenters. The lowest BCUT2D eigenvalue weighted by Gasteiger charge is -1.91. The zero-order valence-corrected chi connectivity index (χ0v) is 6.23. The van der Waals surface area contributed by atoms with Gasteiger partial charge in [-0.2, -0.15) is 0 Å². The van der Waals surface area contributed by atoms with Crippen LogP contribution in [0.25, 0.3) is 16.7 Å². The summed E-state index contributed by atoms with van der Waals surface area (Å²) in [5, 5.41) is 0. The first kappa shape index (κ1) is 5.77. The molecule has 0 unspecified atom stereocenters. The summed E-state index contributed by atoms with van der Waals surface area (Å²) < 4.78 is 1.95. The number of aromatic nitrogens is 4. The van der Waals surface area contributed by atoms with Crippen molar-refractivity contribution in [2.45, 2.75) is 0 Å². The molecule has 0 aliphatic heterocycles. The molecule has 0 radical (unpaired) electrons. The molecule has 0 saturated heterocycles. The molecule has 0 bridgehead atoms. The minimum atomic E-state index is 0.897. The number of pyridine rings is 1. The average molecular weight is 158 g/mol. The molecule has 4 heteroatoms. The van der Waals surface area contributed by atoms with E-state index in [1.54, 1.807) is 12.5 Å². The lowest BCUT2D eigenvalue weighted by molar-refractivity contribution is 1.20. The van der Waals surface area contributed by atoms with E-state index in [1.807, 2.05) is 22.9 Å². The molecule has 4 nitrogen and oxygen atoms in total. The largest absolute Gasteiger partial charge is 0.344 e. The highest BCUT2D eigenvalue weighted by Crippen LogP contribution is 2.13. The smallest absolute Gasteiger partial charge is 0.165 e. The normalized spacial score (nSPS) is 11.3. The van der Waals surface area contributed by atoms with Crippen LogP contribution in [0.1, 0.15) is 0 Å². The minimum absolute atomic E-state index is 0.897. The molecule has 3 rings (SSSR count). The van der Waals surface area contributed by atoms with E-state index in [1.165, 1.54) is 0 Å². The topological polar surface area (TPSA) is 46.0 Å². The molecule has 1 N–H and O–H groups in total. The second-order valence-electron chi connectivity index (χ2n) is 2.64. The molecule has 3 aromatic rings. The predicted octanol–water partition coefficient (Wildman–Crippen LogP) is 1.21. The SMILES string of the molecule is c1cn2ccc3[nH]cnc3c2n1. The second-order valence-corrected chi connectivity index (χ2v) is 2.64. The summed E-state index contributed by atoms with van der Waals surface area (Å²) in [4.78, 5) is 11.4. The number of aromatic amines is 1. The molecule has 0 aliphatic carbocycles. The summed E-state index contributed by atoms with van der Waals surface area (Å²) in [6.45, 7) is 0. The van der Waals surface area contributed by atoms with Crippen LogP contribution in [0.4, 0.5) is 0 Å². The van der Waals surface area contributed by atoms with Gasteiger partial charge in [0.05, 0.1) is 11.8 Å². The van der Waals surface area contributed by atoms with Gasteiger partial charge in [0.2, 0.25) is 0 Å². The average Bonchev–Trinajstić information content (AvgIpc) is 2.71. The van der Waals surface area contributed by atoms with E-state index >= 15 is 0 Å². The van der Waals surface area contributed by atoms with Crippen LogP contribution < -0.4 is 0 Å². The summed E-state index contributed by atoms with van der Waals surface area (Å²) >= 11 is 0. The first-order valence-corrected chi connectivity index (χ1v) is 3.70. The minimum Gasteiger partial charge on any atom is -0.344 e. The maximum absolute atomic E-state index is 4.20. The highest BCUT2D eigenvalue weighted by Gasteiger charge is 2.01. The number of rotatable bonds is 0. The summed E-state index contributed by atoms with van der Waals surface area (Å²) in [5.74, 6) is 0. The fourth-order valence-corrected chi connectivity index (χ4v) is 1.38. The van der Waals surface area contributed by atoms with Crippen LogP contribution in [0, 0.1) is 0 Å². The third-order valence-electron chi connectivity index (χ3n) is 1.95. The molecular weight excluding hydrogens is 152 g/mol. The Kier molecular flexibility index (Phi) is 0.889. The number of nitrogens with one attached hydrogen (secondary N) is 1. The van der Waals surface area contributed by atoms with Crippen molar-refractivity contribution in [3.63, 3.8) is 0 Å². The van der Waals surface area contributed by atoms with Crippen molar-refractivity contribution >= 4 is 16.7 Å². The molecule has 3 aromatic heterocycles. The van der Waals surface area contributed by atoms with Gasteiger partial charge in [0, 0.05) is 18.6 Å². The van der Waals surface area contributed by atoms with Gasteiger partial charge in [-0.05, 0) is 6.07 Å². The molecule has 0 fully saturated rings. The van der Waals surface area contributed by atoms with E-state index in [-0.39, 0.29) is 0 Å². The standard InChI is InChI=1S/C8H6N4/c1-3-12-4-2-9-8(12)7-6(1)10-5-11-7/h1-5H,(H,10,11). The van der Waals surface area contributed by atoms with Gasteiger partial charge in [-0.3, -0.25) is 0 Å². The second kappa shape index (κ2) is 1.85. The Morgan fingerprint density at radius 1 is 1.25 bits per heavy atom. The lowest BCUT2D eigenvalue weighted by Crippen LogP contribution is -1.82. The van der Waals surface area contributed by atoms with Crippen molar-refractivity contribution in [3.8, 4) is 0 Å².